The molecule has 0 bridgehead atoms. The molecule has 94 valence electrons. The molecule has 0 amide bonds. The van der Waals surface area contributed by atoms with Crippen molar-refractivity contribution in [2.75, 3.05) is 0 Å². The number of rotatable bonds is 3. The van der Waals surface area contributed by atoms with Gasteiger partial charge < -0.3 is 9.90 Å². The van der Waals surface area contributed by atoms with Crippen LogP contribution in [-0.2, 0) is 18.4 Å². The van der Waals surface area contributed by atoms with Crippen molar-refractivity contribution < 1.29 is 39.5 Å². The second-order valence-electron chi connectivity index (χ2n) is 3.94. The van der Waals surface area contributed by atoms with Gasteiger partial charge in [-0.25, -0.2) is 4.79 Å². The van der Waals surface area contributed by atoms with Crippen molar-refractivity contribution in [2.45, 2.75) is 13.0 Å². The number of carbonyl (C=O) groups is 1. The smallest absolute Gasteiger partial charge is 0.550 e. The zero-order valence-electron chi connectivity index (χ0n) is 10.8. The van der Waals surface area contributed by atoms with E-state index in [1.807, 2.05) is 0 Å². The van der Waals surface area contributed by atoms with Crippen LogP contribution in [0.5, 0.6) is 0 Å². The first-order valence-corrected chi connectivity index (χ1v) is 5.41. The van der Waals surface area contributed by atoms with Gasteiger partial charge in [-0.2, -0.15) is 0 Å². The quantitative estimate of drug-likeness (QED) is 0.530. The van der Waals surface area contributed by atoms with E-state index in [-0.39, 0.29) is 42.5 Å². The first-order valence-electron chi connectivity index (χ1n) is 5.41. The van der Waals surface area contributed by atoms with E-state index >= 15 is 0 Å². The molecule has 19 heavy (non-hydrogen) atoms. The van der Waals surface area contributed by atoms with Gasteiger partial charge in [0.05, 0.1) is 10.9 Å². The first-order chi connectivity index (χ1) is 8.52. The summed E-state index contributed by atoms with van der Waals surface area (Å²) in [6, 6.07) is 6.69. The third kappa shape index (κ3) is 2.97. The minimum atomic E-state index is -1.29. The van der Waals surface area contributed by atoms with Gasteiger partial charge >= 0.3 is 35.2 Å². The number of aromatic nitrogens is 2. The van der Waals surface area contributed by atoms with Crippen molar-refractivity contribution in [3.63, 3.8) is 0 Å². The molecule has 0 aliphatic rings. The molecule has 1 aromatic heterocycles. The molecule has 2 aromatic rings. The number of carbonyl (C=O) groups excluding carboxylic acids is 1. The summed E-state index contributed by atoms with van der Waals surface area (Å²) in [5.74, 6) is -1.29. The van der Waals surface area contributed by atoms with Gasteiger partial charge in [0.1, 0.15) is 0 Å². The summed E-state index contributed by atoms with van der Waals surface area (Å²) >= 11 is 0. The maximum absolute atomic E-state index is 12.1. The van der Waals surface area contributed by atoms with Crippen LogP contribution in [-0.4, -0.2) is 15.1 Å². The fourth-order valence-corrected chi connectivity index (χ4v) is 1.86. The molecular formula is C12H11N2NaO4. The number of aliphatic carboxylic acids is 1. The van der Waals surface area contributed by atoms with Crippen LogP contribution in [0.15, 0.2) is 33.9 Å². The normalized spacial score (nSPS) is 10.2. The standard InChI is InChI=1S/C12H12N2O4.Na/c1-13-9-5-3-2-4-8(9)11(17)14(12(13)18)7-6-10(15)16;/h2-5H,6-7H2,1H3,(H,15,16);/q;+1/p-1. The third-order valence-corrected chi connectivity index (χ3v) is 2.80. The maximum Gasteiger partial charge on any atom is 1.00 e. The van der Waals surface area contributed by atoms with Crippen LogP contribution in [0.25, 0.3) is 10.9 Å². The largest absolute Gasteiger partial charge is 1.00 e. The average Bonchev–Trinajstić information content (AvgIpc) is 2.36. The van der Waals surface area contributed by atoms with Gasteiger partial charge in [0.25, 0.3) is 5.56 Å². The Morgan fingerprint density at radius 1 is 1.26 bits per heavy atom. The van der Waals surface area contributed by atoms with Crippen LogP contribution >= 0.6 is 0 Å². The minimum Gasteiger partial charge on any atom is -0.550 e. The fraction of sp³-hybridized carbons (Fsp3) is 0.250. The van der Waals surface area contributed by atoms with Crippen LogP contribution < -0.4 is 45.9 Å². The van der Waals surface area contributed by atoms with Crippen molar-refractivity contribution in [3.05, 3.63) is 45.1 Å². The van der Waals surface area contributed by atoms with Gasteiger partial charge in [0, 0.05) is 26.0 Å². The van der Waals surface area contributed by atoms with Crippen molar-refractivity contribution in [3.8, 4) is 0 Å². The molecule has 0 aliphatic heterocycles. The molecule has 6 nitrogen and oxygen atoms in total. The average molecular weight is 270 g/mol. The number of nitrogens with zero attached hydrogens (tertiary/aromatic N) is 2. The summed E-state index contributed by atoms with van der Waals surface area (Å²) in [4.78, 5) is 34.4. The summed E-state index contributed by atoms with van der Waals surface area (Å²) in [6.07, 6.45) is -0.368. The molecule has 0 saturated carbocycles. The summed E-state index contributed by atoms with van der Waals surface area (Å²) in [6.45, 7) is -0.182. The molecule has 0 saturated heterocycles. The number of carboxylic acids is 1. The minimum absolute atomic E-state index is 0. The van der Waals surface area contributed by atoms with E-state index in [9.17, 15) is 19.5 Å². The van der Waals surface area contributed by atoms with Crippen LogP contribution in [0, 0.1) is 0 Å². The summed E-state index contributed by atoms with van der Waals surface area (Å²) in [7, 11) is 1.54. The van der Waals surface area contributed by atoms with Crippen LogP contribution in [0.4, 0.5) is 0 Å². The molecule has 0 atom stereocenters. The van der Waals surface area contributed by atoms with Crippen molar-refractivity contribution in [1.29, 1.82) is 0 Å². The van der Waals surface area contributed by atoms with E-state index in [2.05, 4.69) is 0 Å². The molecule has 7 heteroatoms. The molecule has 1 aromatic carbocycles. The van der Waals surface area contributed by atoms with Crippen molar-refractivity contribution in [1.82, 2.24) is 9.13 Å². The Hall–Kier alpha value is -1.37. The van der Waals surface area contributed by atoms with E-state index in [1.54, 1.807) is 31.3 Å². The Morgan fingerprint density at radius 3 is 2.53 bits per heavy atom. The number of para-hydroxylation sites is 1. The van der Waals surface area contributed by atoms with Crippen molar-refractivity contribution in [2.24, 2.45) is 7.05 Å². The Bertz CT molecular complexity index is 733. The fourth-order valence-electron chi connectivity index (χ4n) is 1.86. The van der Waals surface area contributed by atoms with Gasteiger partial charge in [0.15, 0.2) is 0 Å². The zero-order chi connectivity index (χ0) is 13.3. The first kappa shape index (κ1) is 15.7. The van der Waals surface area contributed by atoms with Gasteiger partial charge in [-0.05, 0) is 12.1 Å². The Kier molecular flexibility index (Phi) is 5.11. The molecule has 0 N–H and O–H groups in total. The summed E-state index contributed by atoms with van der Waals surface area (Å²) < 4.78 is 2.24. The number of benzene rings is 1. The maximum atomic E-state index is 12.1. The molecule has 1 heterocycles. The molecule has 0 aliphatic carbocycles. The van der Waals surface area contributed by atoms with Gasteiger partial charge in [-0.15, -0.1) is 0 Å². The Labute approximate surface area is 130 Å². The van der Waals surface area contributed by atoms with E-state index in [1.165, 1.54) is 4.57 Å². The molecule has 2 rings (SSSR count). The second kappa shape index (κ2) is 6.18. The Morgan fingerprint density at radius 2 is 1.89 bits per heavy atom. The van der Waals surface area contributed by atoms with E-state index in [4.69, 9.17) is 0 Å². The molecule has 0 unspecified atom stereocenters. The predicted molar refractivity (Wildman–Crippen MR) is 63.1 cm³/mol. The molecule has 0 radical (unpaired) electrons. The number of aryl methyl sites for hydroxylation is 1. The van der Waals surface area contributed by atoms with Crippen LogP contribution in [0.3, 0.4) is 0 Å². The SMILES string of the molecule is Cn1c(=O)n(CCC(=O)[O-])c(=O)c2ccccc21.[Na+]. The summed E-state index contributed by atoms with van der Waals surface area (Å²) in [5.41, 5.74) is -0.480. The Balaban J connectivity index is 0.00000180. The van der Waals surface area contributed by atoms with Crippen LogP contribution in [0.2, 0.25) is 0 Å². The molecular weight excluding hydrogens is 259 g/mol. The summed E-state index contributed by atoms with van der Waals surface area (Å²) in [5, 5.41) is 10.8. The topological polar surface area (TPSA) is 84.1 Å². The van der Waals surface area contributed by atoms with Gasteiger partial charge in [0.2, 0.25) is 0 Å². The zero-order valence-corrected chi connectivity index (χ0v) is 12.8. The number of fused-ring (bicyclic) bond motifs is 1. The number of hydrogen-bond donors (Lipinski definition) is 0. The number of carboxylic acid groups (broad SMARTS) is 1. The monoisotopic (exact) mass is 270 g/mol. The predicted octanol–water partition coefficient (Wildman–Crippen LogP) is -4.16. The van der Waals surface area contributed by atoms with Gasteiger partial charge in [-0.1, -0.05) is 12.1 Å². The van der Waals surface area contributed by atoms with E-state index in [0.29, 0.717) is 10.9 Å². The third-order valence-electron chi connectivity index (χ3n) is 2.80. The number of hydrogen-bond acceptors (Lipinski definition) is 4. The van der Waals surface area contributed by atoms with E-state index < -0.39 is 17.2 Å². The molecule has 0 spiro atoms. The van der Waals surface area contributed by atoms with Crippen molar-refractivity contribution >= 4 is 16.9 Å². The molecule has 0 fully saturated rings. The second-order valence-corrected chi connectivity index (χ2v) is 3.94. The van der Waals surface area contributed by atoms with Crippen LogP contribution in [0.1, 0.15) is 6.42 Å². The van der Waals surface area contributed by atoms with Gasteiger partial charge in [-0.3, -0.25) is 13.9 Å². The van der Waals surface area contributed by atoms with E-state index in [0.717, 1.165) is 4.57 Å².